The summed E-state index contributed by atoms with van der Waals surface area (Å²) in [5.41, 5.74) is 6.54. The first-order chi connectivity index (χ1) is 12.6. The molecule has 1 fully saturated rings. The molecule has 8 heteroatoms. The Kier molecular flexibility index (Phi) is 6.37. The first-order valence-electron chi connectivity index (χ1n) is 8.36. The summed E-state index contributed by atoms with van der Waals surface area (Å²) in [4.78, 5) is 16.3. The average molecular weight is 396 g/mol. The molecule has 0 aliphatic carbocycles. The third kappa shape index (κ3) is 4.29. The van der Waals surface area contributed by atoms with Crippen LogP contribution < -0.4 is 15.8 Å². The summed E-state index contributed by atoms with van der Waals surface area (Å²) in [5, 5.41) is 5.39. The SMILES string of the molecule is COc1cc(N)c(Cl)cc1C(=O)NCC(c1cccs1)N1CCOCC1. The fourth-order valence-corrected chi connectivity index (χ4v) is 4.00. The van der Waals surface area contributed by atoms with Crippen molar-refractivity contribution in [3.05, 3.63) is 45.1 Å². The van der Waals surface area contributed by atoms with Crippen LogP contribution in [0.4, 0.5) is 5.69 Å². The number of benzene rings is 1. The number of nitrogen functional groups attached to an aromatic ring is 1. The van der Waals surface area contributed by atoms with Gasteiger partial charge in [0.2, 0.25) is 0 Å². The predicted molar refractivity (Wildman–Crippen MR) is 104 cm³/mol. The highest BCUT2D eigenvalue weighted by atomic mass is 35.5. The summed E-state index contributed by atoms with van der Waals surface area (Å²) in [6.45, 7) is 3.59. The van der Waals surface area contributed by atoms with Gasteiger partial charge in [-0.3, -0.25) is 9.69 Å². The van der Waals surface area contributed by atoms with Crippen molar-refractivity contribution < 1.29 is 14.3 Å². The zero-order chi connectivity index (χ0) is 18.5. The second-order valence-corrected chi connectivity index (χ2v) is 7.35. The van der Waals surface area contributed by atoms with Crippen LogP contribution in [0.1, 0.15) is 21.3 Å². The van der Waals surface area contributed by atoms with Gasteiger partial charge in [0.05, 0.1) is 42.6 Å². The molecule has 26 heavy (non-hydrogen) atoms. The zero-order valence-corrected chi connectivity index (χ0v) is 16.1. The summed E-state index contributed by atoms with van der Waals surface area (Å²) < 4.78 is 10.7. The summed E-state index contributed by atoms with van der Waals surface area (Å²) in [5.74, 6) is 0.169. The Bertz CT molecular complexity index is 748. The monoisotopic (exact) mass is 395 g/mol. The lowest BCUT2D eigenvalue weighted by Gasteiger charge is -2.34. The van der Waals surface area contributed by atoms with E-state index in [9.17, 15) is 4.79 Å². The molecule has 1 atom stereocenters. The Hall–Kier alpha value is -1.80. The number of thiophene rings is 1. The van der Waals surface area contributed by atoms with Gasteiger partial charge in [-0.2, -0.15) is 0 Å². The lowest BCUT2D eigenvalue weighted by molar-refractivity contribution is 0.0169. The number of carbonyl (C=O) groups is 1. The third-order valence-corrected chi connectivity index (χ3v) is 5.68. The molecule has 1 aliphatic rings. The molecule has 1 aliphatic heterocycles. The lowest BCUT2D eigenvalue weighted by atomic mass is 10.1. The van der Waals surface area contributed by atoms with Crippen molar-refractivity contribution in [2.45, 2.75) is 6.04 Å². The number of nitrogens with zero attached hydrogens (tertiary/aromatic N) is 1. The van der Waals surface area contributed by atoms with Gasteiger partial charge in [-0.25, -0.2) is 0 Å². The van der Waals surface area contributed by atoms with Crippen LogP contribution in [0.15, 0.2) is 29.6 Å². The number of rotatable bonds is 6. The molecule has 1 aromatic heterocycles. The van der Waals surface area contributed by atoms with Crippen molar-refractivity contribution in [3.63, 3.8) is 0 Å². The van der Waals surface area contributed by atoms with Crippen LogP contribution in [0.3, 0.4) is 0 Å². The molecular weight excluding hydrogens is 374 g/mol. The highest BCUT2D eigenvalue weighted by Crippen LogP contribution is 2.29. The van der Waals surface area contributed by atoms with Crippen molar-refractivity contribution in [1.82, 2.24) is 10.2 Å². The molecule has 3 N–H and O–H groups in total. The van der Waals surface area contributed by atoms with Crippen LogP contribution >= 0.6 is 22.9 Å². The van der Waals surface area contributed by atoms with Crippen molar-refractivity contribution >= 4 is 34.5 Å². The van der Waals surface area contributed by atoms with Crippen LogP contribution in [0.25, 0.3) is 0 Å². The molecular formula is C18H22ClN3O3S. The molecule has 1 amide bonds. The van der Waals surface area contributed by atoms with E-state index in [1.807, 2.05) is 11.4 Å². The maximum absolute atomic E-state index is 12.7. The van der Waals surface area contributed by atoms with E-state index in [4.69, 9.17) is 26.8 Å². The van der Waals surface area contributed by atoms with Crippen molar-refractivity contribution in [1.29, 1.82) is 0 Å². The first-order valence-corrected chi connectivity index (χ1v) is 9.62. The van der Waals surface area contributed by atoms with Gasteiger partial charge >= 0.3 is 0 Å². The van der Waals surface area contributed by atoms with Crippen LogP contribution in [0, 0.1) is 0 Å². The minimum Gasteiger partial charge on any atom is -0.496 e. The maximum Gasteiger partial charge on any atom is 0.255 e. The van der Waals surface area contributed by atoms with E-state index in [0.29, 0.717) is 41.8 Å². The number of nitrogens with one attached hydrogen (secondary N) is 1. The highest BCUT2D eigenvalue weighted by Gasteiger charge is 2.25. The van der Waals surface area contributed by atoms with E-state index in [-0.39, 0.29) is 11.9 Å². The molecule has 2 aromatic rings. The van der Waals surface area contributed by atoms with E-state index in [2.05, 4.69) is 16.3 Å². The van der Waals surface area contributed by atoms with Gasteiger partial charge in [0, 0.05) is 30.6 Å². The largest absolute Gasteiger partial charge is 0.496 e. The Balaban J connectivity index is 1.74. The van der Waals surface area contributed by atoms with Gasteiger partial charge in [-0.1, -0.05) is 17.7 Å². The average Bonchev–Trinajstić information content (AvgIpc) is 3.19. The number of carbonyl (C=O) groups excluding carboxylic acids is 1. The molecule has 6 nitrogen and oxygen atoms in total. The molecule has 0 radical (unpaired) electrons. The summed E-state index contributed by atoms with van der Waals surface area (Å²) in [7, 11) is 1.50. The standard InChI is InChI=1S/C18H22ClN3O3S/c1-24-16-10-14(20)13(19)9-12(16)18(23)21-11-15(17-3-2-8-26-17)22-4-6-25-7-5-22/h2-3,8-10,15H,4-7,11,20H2,1H3,(H,21,23). The molecule has 140 valence electrons. The van der Waals surface area contributed by atoms with Crippen molar-refractivity contribution in [3.8, 4) is 5.75 Å². The van der Waals surface area contributed by atoms with Gasteiger partial charge in [0.15, 0.2) is 0 Å². The van der Waals surface area contributed by atoms with Crippen LogP contribution in [0.5, 0.6) is 5.75 Å². The molecule has 1 saturated heterocycles. The molecule has 1 aromatic carbocycles. The lowest BCUT2D eigenvalue weighted by Crippen LogP contribution is -2.43. The van der Waals surface area contributed by atoms with Crippen molar-refractivity contribution in [2.24, 2.45) is 0 Å². The Labute approximate surface area is 161 Å². The number of amides is 1. The normalized spacial score (nSPS) is 16.2. The second kappa shape index (κ2) is 8.73. The summed E-state index contributed by atoms with van der Waals surface area (Å²) in [6.07, 6.45) is 0. The molecule has 0 spiro atoms. The fraction of sp³-hybridized carbons (Fsp3) is 0.389. The molecule has 1 unspecified atom stereocenters. The highest BCUT2D eigenvalue weighted by molar-refractivity contribution is 7.10. The van der Waals surface area contributed by atoms with E-state index in [1.54, 1.807) is 23.5 Å². The van der Waals surface area contributed by atoms with E-state index in [0.717, 1.165) is 13.1 Å². The topological polar surface area (TPSA) is 76.8 Å². The quantitative estimate of drug-likeness (QED) is 0.735. The number of halogens is 1. The van der Waals surface area contributed by atoms with Gasteiger partial charge < -0.3 is 20.5 Å². The summed E-state index contributed by atoms with van der Waals surface area (Å²) >= 11 is 7.76. The number of anilines is 1. The van der Waals surface area contributed by atoms with E-state index in [1.165, 1.54) is 12.0 Å². The van der Waals surface area contributed by atoms with E-state index < -0.39 is 0 Å². The molecule has 3 rings (SSSR count). The number of methoxy groups -OCH3 is 1. The smallest absolute Gasteiger partial charge is 0.255 e. The molecule has 0 bridgehead atoms. The van der Waals surface area contributed by atoms with Crippen LogP contribution in [0.2, 0.25) is 5.02 Å². The van der Waals surface area contributed by atoms with Crippen molar-refractivity contribution in [2.75, 3.05) is 45.7 Å². The zero-order valence-electron chi connectivity index (χ0n) is 14.5. The van der Waals surface area contributed by atoms with Gasteiger partial charge in [-0.05, 0) is 17.5 Å². The second-order valence-electron chi connectivity index (χ2n) is 5.96. The Morgan fingerprint density at radius 3 is 2.88 bits per heavy atom. The van der Waals surface area contributed by atoms with E-state index >= 15 is 0 Å². The number of nitrogens with two attached hydrogens (primary N) is 1. The fourth-order valence-electron chi connectivity index (χ4n) is 2.98. The maximum atomic E-state index is 12.7. The Morgan fingerprint density at radius 2 is 2.23 bits per heavy atom. The molecule has 0 saturated carbocycles. The van der Waals surface area contributed by atoms with Crippen LogP contribution in [-0.4, -0.2) is 50.8 Å². The number of hydrogen-bond acceptors (Lipinski definition) is 6. The number of hydrogen-bond donors (Lipinski definition) is 2. The predicted octanol–water partition coefficient (Wildman–Crippen LogP) is 2.80. The first kappa shape index (κ1) is 19.0. The van der Waals surface area contributed by atoms with Gasteiger partial charge in [0.25, 0.3) is 5.91 Å². The Morgan fingerprint density at radius 1 is 1.46 bits per heavy atom. The van der Waals surface area contributed by atoms with Gasteiger partial charge in [-0.15, -0.1) is 11.3 Å². The molecule has 2 heterocycles. The summed E-state index contributed by atoms with van der Waals surface area (Å²) in [6, 6.07) is 7.34. The van der Waals surface area contributed by atoms with Crippen LogP contribution in [-0.2, 0) is 4.74 Å². The minimum atomic E-state index is -0.237. The minimum absolute atomic E-state index is 0.109. The number of ether oxygens (including phenoxy) is 2. The third-order valence-electron chi connectivity index (χ3n) is 4.38. The number of morpholine rings is 1. The van der Waals surface area contributed by atoms with Gasteiger partial charge in [0.1, 0.15) is 5.75 Å².